The van der Waals surface area contributed by atoms with Crippen molar-refractivity contribution in [2.24, 2.45) is 0 Å². The first kappa shape index (κ1) is 77.4. The molecule has 0 saturated carbocycles. The van der Waals surface area contributed by atoms with Crippen molar-refractivity contribution >= 4 is 148 Å². The Hall–Kier alpha value is -11.5. The summed E-state index contributed by atoms with van der Waals surface area (Å²) in [5, 5.41) is 23.5. The maximum atomic E-state index is 10.6. The van der Waals surface area contributed by atoms with Crippen LogP contribution in [0.2, 0.25) is 0 Å². The van der Waals surface area contributed by atoms with Gasteiger partial charge in [-0.1, -0.05) is 292 Å². The first-order chi connectivity index (χ1) is 55.7. The Balaban J connectivity index is 0.000000137. The van der Waals surface area contributed by atoms with E-state index in [2.05, 4.69) is 410 Å². The molecule has 6 nitrogen and oxygen atoms in total. The van der Waals surface area contributed by atoms with E-state index in [-0.39, 0.29) is 51.9 Å². The minimum absolute atomic E-state index is 0. The zero-order valence-electron chi connectivity index (χ0n) is 64.3. The molecule has 16 aromatic carbocycles. The molecule has 1 atom stereocenters. The second kappa shape index (κ2) is 33.5. The van der Waals surface area contributed by atoms with Crippen molar-refractivity contribution in [3.05, 3.63) is 415 Å². The second-order valence-corrected chi connectivity index (χ2v) is 31.5. The van der Waals surface area contributed by atoms with Crippen molar-refractivity contribution in [3.8, 4) is 67.0 Å². The molecule has 0 fully saturated rings. The van der Waals surface area contributed by atoms with E-state index in [0.29, 0.717) is 5.46 Å². The molecule has 2 aliphatic carbocycles. The number of fused-ring (bicyclic) bond motifs is 12. The van der Waals surface area contributed by atoms with E-state index in [1.54, 1.807) is 6.07 Å². The third-order valence-corrected chi connectivity index (χ3v) is 23.1. The normalized spacial score (nSPS) is 12.5. The van der Waals surface area contributed by atoms with Crippen LogP contribution in [0.1, 0.15) is 49.9 Å². The van der Waals surface area contributed by atoms with Crippen molar-refractivity contribution in [1.82, 2.24) is 9.13 Å². The van der Waals surface area contributed by atoms with Crippen LogP contribution in [0.15, 0.2) is 393 Å². The average Bonchev–Trinajstić information content (AvgIpc) is 1.61. The number of rotatable bonds is 13. The van der Waals surface area contributed by atoms with Gasteiger partial charge in [-0.2, -0.15) is 0 Å². The fourth-order valence-corrected chi connectivity index (χ4v) is 17.1. The Labute approximate surface area is 703 Å². The van der Waals surface area contributed by atoms with Crippen molar-refractivity contribution in [2.75, 3.05) is 16.2 Å². The van der Waals surface area contributed by atoms with Crippen LogP contribution in [0.25, 0.3) is 111 Å². The van der Waals surface area contributed by atoms with Gasteiger partial charge in [0.25, 0.3) is 0 Å². The van der Waals surface area contributed by atoms with Crippen molar-refractivity contribution < 1.29 is 14.4 Å². The van der Waals surface area contributed by atoms with Gasteiger partial charge in [0, 0.05) is 82.3 Å². The van der Waals surface area contributed by atoms with E-state index >= 15 is 0 Å². The molecule has 557 valence electrons. The average molecular weight is 1770 g/mol. The third-order valence-electron chi connectivity index (χ3n) is 22.4. The number of anilines is 6. The quantitative estimate of drug-likeness (QED) is 0.0892. The van der Waals surface area contributed by atoms with Crippen LogP contribution >= 0.6 is 24.4 Å². The minimum atomic E-state index is -1.46. The molecule has 2 N–H and O–H groups in total. The summed E-state index contributed by atoms with van der Waals surface area (Å²) in [6.07, 6.45) is -0.375. The van der Waals surface area contributed by atoms with Gasteiger partial charge in [-0.25, -0.2) is 4.39 Å². The van der Waals surface area contributed by atoms with Gasteiger partial charge in [-0.15, -0.1) is 8.46 Å². The van der Waals surface area contributed by atoms with Gasteiger partial charge < -0.3 is 29.0 Å². The van der Waals surface area contributed by atoms with Gasteiger partial charge in [0.05, 0.1) is 28.5 Å². The summed E-state index contributed by atoms with van der Waals surface area (Å²) in [7, 11) is 3.20. The fourth-order valence-electron chi connectivity index (χ4n) is 16.8. The van der Waals surface area contributed by atoms with Crippen LogP contribution in [-0.2, 0) is 10.8 Å². The Bertz CT molecular complexity index is 6490. The summed E-state index contributed by atoms with van der Waals surface area (Å²) < 4.78 is 16.2. The zero-order valence-corrected chi connectivity index (χ0v) is 71.4. The van der Waals surface area contributed by atoms with Gasteiger partial charge in [-0.05, 0) is 223 Å². The predicted molar refractivity (Wildman–Crippen MR) is 495 cm³/mol. The molecule has 115 heavy (non-hydrogen) atoms. The van der Waals surface area contributed by atoms with Crippen LogP contribution in [0, 0.1) is 0 Å². The standard InChI is InChI=1S/C51H38N2.C33H26BrN.C18H14BNO2.CH3BFP.Bi.2H/c1-51(2)47-19-11-9-17-43(47)44-31-30-42(34-48(44)51)52(40-26-21-36(22-27-40)35-13-5-3-6-14-35)41-28-23-37(24-29-41)38-25-32-50-46(33-38)45-18-10-12-20-49(45)53(50)39-15-7-4-8-16-39;1-33(2)31-11-7-6-10-29(31)30-21-20-28(22-32(30)33)35(27-18-14-25(34)15-19-27)26-16-12-24(13-17-26)23-8-4-3-5-9-23;21-19(22)13-10-11-18-16(12-13)15-8-4-5-9-17(15)20(18)14-6-2-1-3-7-14;2-4-1-3;;;/h3-34H,1-2H3;3-22H,1-2H3;1-12,21-22H;4H,1H2;;;. The molecule has 1 unspecified atom stereocenters. The molecule has 0 saturated heterocycles. The number of nitrogens with zero attached hydrogens (tertiary/aromatic N) is 4. The molecule has 0 spiro atoms. The number of benzene rings is 16. The summed E-state index contributed by atoms with van der Waals surface area (Å²) in [5.41, 5.74) is 32.2. The van der Waals surface area contributed by atoms with Gasteiger partial charge >= 0.3 is 33.3 Å². The first-order valence-electron chi connectivity index (χ1n) is 38.5. The Morgan fingerprint density at radius 1 is 0.322 bits per heavy atom. The van der Waals surface area contributed by atoms with E-state index in [0.717, 1.165) is 60.4 Å². The summed E-state index contributed by atoms with van der Waals surface area (Å²) in [6.45, 7) is 9.37. The van der Waals surface area contributed by atoms with E-state index < -0.39 is 7.12 Å². The molecule has 0 aliphatic heterocycles. The molecule has 2 aliphatic rings. The predicted octanol–water partition coefficient (Wildman–Crippen LogP) is 26.0. The van der Waals surface area contributed by atoms with E-state index in [1.165, 1.54) is 111 Å². The number of para-hydroxylation sites is 4. The molecule has 12 heteroatoms. The van der Waals surface area contributed by atoms with Crippen molar-refractivity contribution in [1.29, 1.82) is 0 Å². The molecule has 0 bridgehead atoms. The summed E-state index contributed by atoms with van der Waals surface area (Å²) in [4.78, 5) is 4.75. The summed E-state index contributed by atoms with van der Waals surface area (Å²) >= 11 is 3.60. The first-order valence-corrected chi connectivity index (χ1v) is 40.6. The van der Waals surface area contributed by atoms with Crippen LogP contribution in [0.3, 0.4) is 0 Å². The number of hydrogen-bond acceptors (Lipinski definition) is 4. The monoisotopic (exact) mass is 1770 g/mol. The van der Waals surface area contributed by atoms with Gasteiger partial charge in [0.1, 0.15) is 7.57 Å². The molecule has 18 aromatic rings. The van der Waals surface area contributed by atoms with Crippen LogP contribution in [-0.4, -0.2) is 66.5 Å². The maximum absolute atomic E-state index is 10.6. The van der Waals surface area contributed by atoms with E-state index in [4.69, 9.17) is 0 Å². The molecule has 20 rings (SSSR count). The van der Waals surface area contributed by atoms with E-state index in [9.17, 15) is 14.4 Å². The van der Waals surface area contributed by atoms with Crippen LogP contribution in [0.5, 0.6) is 0 Å². The molecule has 0 amide bonds. The van der Waals surface area contributed by atoms with Gasteiger partial charge in [-0.3, -0.25) is 0 Å². The van der Waals surface area contributed by atoms with Crippen molar-refractivity contribution in [3.63, 3.8) is 0 Å². The van der Waals surface area contributed by atoms with Crippen LogP contribution < -0.4 is 15.3 Å². The Kier molecular flexibility index (Phi) is 22.6. The Morgan fingerprint density at radius 2 is 0.626 bits per heavy atom. The molecular weight excluding hydrogens is 1690 g/mol. The number of aromatic nitrogens is 2. The summed E-state index contributed by atoms with van der Waals surface area (Å²) in [6, 6.07) is 138. The molecule has 2 heterocycles. The number of alkyl halides is 1. The number of hydrogen-bond donors (Lipinski definition) is 2. The molecule has 2 aromatic heterocycles. The van der Waals surface area contributed by atoms with Crippen LogP contribution in [0.4, 0.5) is 38.5 Å². The molecular formula is C103H83B2BiBrFN4O2P. The third kappa shape index (κ3) is 15.1. The number of halogens is 2. The SMILES string of the molecule is CC1(C)c2ccccc2-c2ccc(N(c3ccc(-c4ccccc4)cc3)c3ccc(-c4ccc5c(c4)c4ccccc4n5-c4ccccc4)cc3)cc21.CC1(C)c2ccccc2-c2ccc(N(c3ccc(Br)cc3)c3ccc(-c4ccccc4)cc3)cc21.OB(O)c1ccc2c(c1)c1ccccc1n2-c1ccccc1.[B]PCF.[BiH2]. The second-order valence-electron chi connectivity index (χ2n) is 29.9. The Morgan fingerprint density at radius 3 is 1.03 bits per heavy atom. The van der Waals surface area contributed by atoms with E-state index in [1.807, 2.05) is 42.5 Å². The molecule has 3 radical (unpaired) electrons. The topological polar surface area (TPSA) is 56.8 Å². The van der Waals surface area contributed by atoms with Crippen molar-refractivity contribution in [2.45, 2.75) is 38.5 Å². The fraction of sp³-hybridized carbons (Fsp3) is 0.0680. The van der Waals surface area contributed by atoms with Gasteiger partial charge in [0.2, 0.25) is 0 Å². The zero-order chi connectivity index (χ0) is 78.0. The van der Waals surface area contributed by atoms with Gasteiger partial charge in [0.15, 0.2) is 0 Å². The summed E-state index contributed by atoms with van der Waals surface area (Å²) in [5.74, 6) is 0.